The smallest absolute Gasteiger partial charge is 0.320 e. The molecule has 0 saturated carbocycles. The number of hydrogen-bond acceptors (Lipinski definition) is 14. The summed E-state index contributed by atoms with van der Waals surface area (Å²) in [5, 5.41) is 34.7. The van der Waals surface area contributed by atoms with Crippen molar-refractivity contribution < 1.29 is 47.7 Å². The molecule has 79 heavy (non-hydrogen) atoms. The standard InChI is InChI=1S/C14H13N3O4S2.2C13H18Cl2N2O2.C13H16N2O2.ClH/c1-8-7-15-14(22-8)16-13(19)11-12(18)9-5-3-4-6-10(9)23(20,21)17(11)2;2*14-5-7-17(8-6-15)11-3-1-10(2-4-11)9-12(16)13(18)19;1-9(16)14-6-5-10-8-15-13-4-3-11(17-2)7-12(10)13;/h3-7,18H,1-2H3,(H,15,16,19);2*1-4,12H,5-9,16H2,(H,18,19);3-4,7-8,15H,5-6H2,1-2H3,(H,14,16);1H/t;2*12-;;/m.00../s1. The quantitative estimate of drug-likeness (QED) is 0.0298. The van der Waals surface area contributed by atoms with E-state index >= 15 is 0 Å². The predicted molar refractivity (Wildman–Crippen MR) is 320 cm³/mol. The molecule has 7 rings (SSSR count). The van der Waals surface area contributed by atoms with Crippen LogP contribution in [-0.4, -0.2) is 144 Å². The van der Waals surface area contributed by atoms with Gasteiger partial charge >= 0.3 is 11.9 Å². The number of carbonyl (C=O) groups excluding carboxylic acids is 2. The zero-order valence-corrected chi connectivity index (χ0v) is 49.3. The number of amides is 2. The Labute approximate surface area is 490 Å². The first-order valence-corrected chi connectivity index (χ1v) is 28.6. The molecule has 19 nitrogen and oxygen atoms in total. The number of hydrogen-bond donors (Lipinski definition) is 8. The maximum Gasteiger partial charge on any atom is 0.320 e. The van der Waals surface area contributed by atoms with Gasteiger partial charge in [-0.25, -0.2) is 13.4 Å². The summed E-state index contributed by atoms with van der Waals surface area (Å²) in [4.78, 5) is 56.8. The Morgan fingerprint density at radius 3 is 1.76 bits per heavy atom. The van der Waals surface area contributed by atoms with Gasteiger partial charge in [0.15, 0.2) is 16.6 Å². The number of aromatic amines is 1. The molecule has 2 amide bonds. The Balaban J connectivity index is 0.000000277. The summed E-state index contributed by atoms with van der Waals surface area (Å²) in [6, 6.07) is 25.4. The number of carboxylic acids is 2. The molecule has 2 aromatic heterocycles. The van der Waals surface area contributed by atoms with E-state index in [1.807, 2.05) is 79.9 Å². The minimum atomic E-state index is -3.90. The molecule has 10 N–H and O–H groups in total. The van der Waals surface area contributed by atoms with E-state index in [9.17, 15) is 32.7 Å². The number of thiazole rings is 1. The average Bonchev–Trinajstić information content (AvgIpc) is 4.04. The number of nitrogens with two attached hydrogens (primary N) is 2. The number of aliphatic hydroxyl groups excluding tert-OH is 1. The molecule has 4 aromatic carbocycles. The first-order chi connectivity index (χ1) is 37.2. The highest BCUT2D eigenvalue weighted by Gasteiger charge is 2.38. The third-order valence-corrected chi connectivity index (χ3v) is 15.0. The van der Waals surface area contributed by atoms with Crippen molar-refractivity contribution in [3.8, 4) is 5.75 Å². The molecule has 0 aliphatic carbocycles. The Morgan fingerprint density at radius 2 is 1.32 bits per heavy atom. The summed E-state index contributed by atoms with van der Waals surface area (Å²) in [5.41, 5.74) is 16.9. The lowest BCUT2D eigenvalue weighted by molar-refractivity contribution is -0.139. The molecule has 1 aliphatic heterocycles. The number of benzene rings is 4. The van der Waals surface area contributed by atoms with Crippen LogP contribution in [0.3, 0.4) is 0 Å². The monoisotopic (exact) mass is 1230 g/mol. The molecule has 0 spiro atoms. The van der Waals surface area contributed by atoms with Crippen molar-refractivity contribution in [3.05, 3.63) is 136 Å². The number of rotatable bonds is 22. The average molecular weight is 1230 g/mol. The second-order valence-corrected chi connectivity index (χ2v) is 21.9. The van der Waals surface area contributed by atoms with Crippen molar-refractivity contribution >= 4 is 137 Å². The van der Waals surface area contributed by atoms with Gasteiger partial charge in [0.05, 0.1) is 12.0 Å². The van der Waals surface area contributed by atoms with E-state index in [0.717, 1.165) is 80.9 Å². The van der Waals surface area contributed by atoms with Gasteiger partial charge in [-0.3, -0.25) is 28.8 Å². The topological polar surface area (TPSA) is 287 Å². The molecule has 6 aromatic rings. The Bertz CT molecular complexity index is 2970. The zero-order valence-electron chi connectivity index (χ0n) is 43.8. The first kappa shape index (κ1) is 67.3. The number of nitrogens with zero attached hydrogens (tertiary/aromatic N) is 4. The van der Waals surface area contributed by atoms with Crippen molar-refractivity contribution in [2.24, 2.45) is 11.5 Å². The molecule has 430 valence electrons. The Morgan fingerprint density at radius 1 is 0.810 bits per heavy atom. The minimum Gasteiger partial charge on any atom is -0.505 e. The van der Waals surface area contributed by atoms with Gasteiger partial charge in [-0.15, -0.1) is 70.1 Å². The molecule has 0 unspecified atom stereocenters. The van der Waals surface area contributed by atoms with E-state index in [2.05, 4.69) is 30.4 Å². The minimum absolute atomic E-state index is 0. The highest BCUT2D eigenvalue weighted by Crippen LogP contribution is 2.35. The molecule has 0 saturated heterocycles. The van der Waals surface area contributed by atoms with Crippen LogP contribution in [0.1, 0.15) is 34.1 Å². The molecule has 0 fully saturated rings. The van der Waals surface area contributed by atoms with Gasteiger partial charge in [0.25, 0.3) is 15.9 Å². The van der Waals surface area contributed by atoms with Crippen LogP contribution in [-0.2, 0) is 48.5 Å². The largest absolute Gasteiger partial charge is 0.505 e. The molecular weight excluding hydrogens is 1160 g/mol. The molecule has 26 heteroatoms. The lowest BCUT2D eigenvalue weighted by Crippen LogP contribution is -2.37. The number of aryl methyl sites for hydroxylation is 1. The molecular formula is C53H66Cl5N9O10S2. The third kappa shape index (κ3) is 20.2. The number of anilines is 3. The van der Waals surface area contributed by atoms with Crippen LogP contribution in [0.25, 0.3) is 16.7 Å². The number of likely N-dealkylation sites (N-methyl/N-ethyl adjacent to an activating group) is 1. The van der Waals surface area contributed by atoms with Gasteiger partial charge in [-0.05, 0) is 97.5 Å². The van der Waals surface area contributed by atoms with E-state index < -0.39 is 40.0 Å². The van der Waals surface area contributed by atoms with Crippen molar-refractivity contribution in [2.75, 3.05) is 85.5 Å². The maximum absolute atomic E-state index is 12.5. The van der Waals surface area contributed by atoms with Gasteiger partial charge in [0.1, 0.15) is 17.8 Å². The van der Waals surface area contributed by atoms with Crippen LogP contribution in [0.4, 0.5) is 16.5 Å². The summed E-state index contributed by atoms with van der Waals surface area (Å²) < 4.78 is 31.0. The molecule has 0 radical (unpaired) electrons. The van der Waals surface area contributed by atoms with Crippen molar-refractivity contribution in [1.82, 2.24) is 19.6 Å². The fraction of sp³-hybridized carbons (Fsp3) is 0.340. The van der Waals surface area contributed by atoms with E-state index in [1.54, 1.807) is 25.4 Å². The molecule has 1 aliphatic rings. The Hall–Kier alpha value is -6.01. The number of aliphatic hydroxyl groups is 1. The van der Waals surface area contributed by atoms with Crippen molar-refractivity contribution in [2.45, 2.75) is 50.1 Å². The number of fused-ring (bicyclic) bond motifs is 2. The van der Waals surface area contributed by atoms with Crippen LogP contribution in [0.2, 0.25) is 0 Å². The van der Waals surface area contributed by atoms with E-state index in [4.69, 9.17) is 72.8 Å². The number of alkyl halides is 4. The van der Waals surface area contributed by atoms with Crippen LogP contribution in [0, 0.1) is 6.92 Å². The lowest BCUT2D eigenvalue weighted by Gasteiger charge is -2.28. The second-order valence-electron chi connectivity index (χ2n) is 17.2. The summed E-state index contributed by atoms with van der Waals surface area (Å²) in [7, 11) is -1.01. The number of carboxylic acid groups (broad SMARTS) is 2. The number of aliphatic carboxylic acids is 2. The summed E-state index contributed by atoms with van der Waals surface area (Å²) >= 11 is 24.3. The third-order valence-electron chi connectivity index (χ3n) is 11.7. The van der Waals surface area contributed by atoms with Gasteiger partial charge in [0, 0.05) is 115 Å². The zero-order chi connectivity index (χ0) is 57.5. The molecule has 3 heterocycles. The maximum atomic E-state index is 12.5. The van der Waals surface area contributed by atoms with Gasteiger partial charge in [-0.1, -0.05) is 36.4 Å². The van der Waals surface area contributed by atoms with Crippen molar-refractivity contribution in [1.29, 1.82) is 0 Å². The van der Waals surface area contributed by atoms with Gasteiger partial charge in [-0.2, -0.15) is 0 Å². The van der Waals surface area contributed by atoms with E-state index in [1.165, 1.54) is 43.0 Å². The van der Waals surface area contributed by atoms with Crippen LogP contribution in [0.5, 0.6) is 5.75 Å². The van der Waals surface area contributed by atoms with Crippen LogP contribution >= 0.6 is 70.1 Å². The lowest BCUT2D eigenvalue weighted by atomic mass is 10.1. The number of halogens is 5. The SMILES string of the molecule is COc1ccc2[nH]cc(CCNC(C)=O)c2c1.Cc1cnc(NC(=O)C2=C(O)c3ccccc3S(=O)(=O)N2C)s1.Cl.N[C@@H](Cc1ccc(N(CCCl)CCCl)cc1)C(=O)O.N[C@@H](Cc1ccc(N(CCCl)CCCl)cc1)C(=O)O. The summed E-state index contributed by atoms with van der Waals surface area (Å²) in [5.74, 6) is -0.137. The first-order valence-electron chi connectivity index (χ1n) is 24.2. The fourth-order valence-electron chi connectivity index (χ4n) is 7.63. The molecule has 0 bridgehead atoms. The van der Waals surface area contributed by atoms with Gasteiger partial charge < -0.3 is 51.6 Å². The van der Waals surface area contributed by atoms with Gasteiger partial charge in [0.2, 0.25) is 5.91 Å². The van der Waals surface area contributed by atoms with Crippen LogP contribution < -0.4 is 36.6 Å². The van der Waals surface area contributed by atoms with E-state index in [-0.39, 0.29) is 40.2 Å². The van der Waals surface area contributed by atoms with E-state index in [0.29, 0.717) is 48.0 Å². The number of carbonyl (C=O) groups is 4. The Kier molecular flexibility index (Phi) is 28.6. The fourth-order valence-corrected chi connectivity index (χ4v) is 10.5. The van der Waals surface area contributed by atoms with Crippen LogP contribution in [0.15, 0.2) is 114 Å². The highest BCUT2D eigenvalue weighted by molar-refractivity contribution is 7.89. The number of ether oxygens (including phenoxy) is 1. The predicted octanol–water partition coefficient (Wildman–Crippen LogP) is 8.08. The van der Waals surface area contributed by atoms with Crippen molar-refractivity contribution in [3.63, 3.8) is 0 Å². The number of nitrogens with one attached hydrogen (secondary N) is 3. The number of aromatic nitrogens is 2. The summed E-state index contributed by atoms with van der Waals surface area (Å²) in [6.07, 6.45) is 5.02. The number of H-pyrrole nitrogens is 1. The summed E-state index contributed by atoms with van der Waals surface area (Å²) in [6.45, 7) is 6.91. The number of methoxy groups -OCH3 is 1. The molecule has 2 atom stereocenters. The second kappa shape index (κ2) is 33.5. The normalized spacial score (nSPS) is 12.8. The number of sulfonamides is 1. The highest BCUT2D eigenvalue weighted by atomic mass is 35.5.